The number of anilines is 1. The van der Waals surface area contributed by atoms with Crippen LogP contribution in [0, 0.1) is 0 Å². The van der Waals surface area contributed by atoms with Gasteiger partial charge >= 0.3 is 0 Å². The maximum atomic E-state index is 11.2. The van der Waals surface area contributed by atoms with Gasteiger partial charge in [-0.2, -0.15) is 0 Å². The van der Waals surface area contributed by atoms with Crippen molar-refractivity contribution in [1.29, 1.82) is 0 Å². The van der Waals surface area contributed by atoms with Gasteiger partial charge in [-0.15, -0.1) is 0 Å². The highest BCUT2D eigenvalue weighted by Gasteiger charge is 2.32. The lowest BCUT2D eigenvalue weighted by Crippen LogP contribution is -2.29. The van der Waals surface area contributed by atoms with E-state index >= 15 is 0 Å². The summed E-state index contributed by atoms with van der Waals surface area (Å²) in [5.74, 6) is -0.443. The van der Waals surface area contributed by atoms with Gasteiger partial charge in [-0.1, -0.05) is 18.2 Å². The summed E-state index contributed by atoms with van der Waals surface area (Å²) < 4.78 is 0. The van der Waals surface area contributed by atoms with E-state index in [1.54, 1.807) is 0 Å². The van der Waals surface area contributed by atoms with Crippen LogP contribution >= 0.6 is 0 Å². The first-order valence-corrected chi connectivity index (χ1v) is 4.35. The first kappa shape index (κ1) is 8.10. The fraction of sp³-hybridized carbons (Fsp3) is 0.300. The number of carbonyl (C=O) groups excluding carboxylic acids is 1. The summed E-state index contributed by atoms with van der Waals surface area (Å²) in [7, 11) is 0. The Morgan fingerprint density at radius 1 is 1.46 bits per heavy atom. The summed E-state index contributed by atoms with van der Waals surface area (Å²) in [6.45, 7) is 1.97. The monoisotopic (exact) mass is 176 g/mol. The normalized spacial score (nSPS) is 25.0. The van der Waals surface area contributed by atoms with E-state index in [0.29, 0.717) is 0 Å². The number of hydrogen-bond acceptors (Lipinski definition) is 2. The number of primary amides is 1. The van der Waals surface area contributed by atoms with Crippen molar-refractivity contribution in [2.75, 3.05) is 5.32 Å². The fourth-order valence-corrected chi connectivity index (χ4v) is 1.90. The standard InChI is InChI=1S/C10H12N2O/c1-6-9(10(11)13)7-4-2-3-5-8(7)12-6/h2-6,9,12H,1H3,(H2,11,13). The average molecular weight is 176 g/mol. The zero-order chi connectivity index (χ0) is 9.42. The second kappa shape index (κ2) is 2.76. The van der Waals surface area contributed by atoms with Gasteiger partial charge < -0.3 is 11.1 Å². The number of amides is 1. The second-order valence-corrected chi connectivity index (χ2v) is 3.40. The molecule has 13 heavy (non-hydrogen) atoms. The van der Waals surface area contributed by atoms with Crippen molar-refractivity contribution in [3.05, 3.63) is 29.8 Å². The Morgan fingerprint density at radius 3 is 2.85 bits per heavy atom. The first-order chi connectivity index (χ1) is 6.20. The Bertz CT molecular complexity index is 349. The Kier molecular flexibility index (Phi) is 1.72. The summed E-state index contributed by atoms with van der Waals surface area (Å²) in [4.78, 5) is 11.2. The van der Waals surface area contributed by atoms with Crippen LogP contribution in [0.15, 0.2) is 24.3 Å². The molecule has 0 saturated heterocycles. The highest BCUT2D eigenvalue weighted by atomic mass is 16.1. The van der Waals surface area contributed by atoms with Crippen LogP contribution < -0.4 is 11.1 Å². The van der Waals surface area contributed by atoms with Crippen LogP contribution in [-0.2, 0) is 4.79 Å². The SMILES string of the molecule is CC1Nc2ccccc2C1C(N)=O. The van der Waals surface area contributed by atoms with Gasteiger partial charge in [0.1, 0.15) is 0 Å². The first-order valence-electron chi connectivity index (χ1n) is 4.35. The lowest BCUT2D eigenvalue weighted by molar-refractivity contribution is -0.119. The number of rotatable bonds is 1. The van der Waals surface area contributed by atoms with Gasteiger partial charge in [0.2, 0.25) is 5.91 Å². The average Bonchev–Trinajstić information content (AvgIpc) is 2.39. The molecular weight excluding hydrogens is 164 g/mol. The van der Waals surface area contributed by atoms with Gasteiger partial charge in [0.05, 0.1) is 5.92 Å². The van der Waals surface area contributed by atoms with Crippen LogP contribution in [0.2, 0.25) is 0 Å². The number of para-hydroxylation sites is 1. The van der Waals surface area contributed by atoms with Gasteiger partial charge in [0.25, 0.3) is 0 Å². The van der Waals surface area contributed by atoms with Crippen LogP contribution in [0.1, 0.15) is 18.4 Å². The molecule has 0 saturated carbocycles. The van der Waals surface area contributed by atoms with Crippen molar-refractivity contribution in [3.63, 3.8) is 0 Å². The van der Waals surface area contributed by atoms with Crippen molar-refractivity contribution in [1.82, 2.24) is 0 Å². The fourth-order valence-electron chi connectivity index (χ4n) is 1.90. The summed E-state index contributed by atoms with van der Waals surface area (Å²) in [5, 5.41) is 3.23. The van der Waals surface area contributed by atoms with Gasteiger partial charge in [0, 0.05) is 11.7 Å². The quantitative estimate of drug-likeness (QED) is 0.672. The van der Waals surface area contributed by atoms with Gasteiger partial charge in [-0.05, 0) is 18.6 Å². The Balaban J connectivity index is 2.46. The Morgan fingerprint density at radius 2 is 2.15 bits per heavy atom. The third-order valence-electron chi connectivity index (χ3n) is 2.49. The topological polar surface area (TPSA) is 55.1 Å². The Hall–Kier alpha value is -1.51. The van der Waals surface area contributed by atoms with Gasteiger partial charge in [-0.25, -0.2) is 0 Å². The van der Waals surface area contributed by atoms with Crippen molar-refractivity contribution in [2.45, 2.75) is 18.9 Å². The minimum atomic E-state index is -0.259. The van der Waals surface area contributed by atoms with Crippen molar-refractivity contribution in [2.24, 2.45) is 5.73 Å². The van der Waals surface area contributed by atoms with E-state index in [2.05, 4.69) is 5.32 Å². The summed E-state index contributed by atoms with van der Waals surface area (Å²) in [5.41, 5.74) is 7.37. The molecule has 0 fully saturated rings. The third kappa shape index (κ3) is 1.16. The van der Waals surface area contributed by atoms with Crippen LogP contribution in [-0.4, -0.2) is 11.9 Å². The molecule has 1 amide bonds. The number of nitrogens with two attached hydrogens (primary N) is 1. The second-order valence-electron chi connectivity index (χ2n) is 3.40. The van der Waals surface area contributed by atoms with Crippen LogP contribution in [0.4, 0.5) is 5.69 Å². The molecule has 1 heterocycles. The largest absolute Gasteiger partial charge is 0.381 e. The number of hydrogen-bond donors (Lipinski definition) is 2. The molecule has 1 aromatic rings. The number of fused-ring (bicyclic) bond motifs is 1. The van der Waals surface area contributed by atoms with E-state index in [1.807, 2.05) is 31.2 Å². The molecule has 0 radical (unpaired) electrons. The van der Waals surface area contributed by atoms with E-state index in [4.69, 9.17) is 5.73 Å². The van der Waals surface area contributed by atoms with Crippen molar-refractivity contribution >= 4 is 11.6 Å². The molecule has 0 aliphatic carbocycles. The molecule has 0 aromatic heterocycles. The molecule has 1 aliphatic heterocycles. The predicted molar refractivity (Wildman–Crippen MR) is 51.5 cm³/mol. The van der Waals surface area contributed by atoms with Crippen molar-refractivity contribution < 1.29 is 4.79 Å². The van der Waals surface area contributed by atoms with E-state index in [0.717, 1.165) is 11.3 Å². The van der Waals surface area contributed by atoms with Gasteiger partial charge in [-0.3, -0.25) is 4.79 Å². The molecule has 2 unspecified atom stereocenters. The lowest BCUT2D eigenvalue weighted by Gasteiger charge is -2.11. The maximum Gasteiger partial charge on any atom is 0.227 e. The van der Waals surface area contributed by atoms with E-state index in [1.165, 1.54) is 0 Å². The molecule has 3 heteroatoms. The zero-order valence-corrected chi connectivity index (χ0v) is 7.45. The molecule has 0 spiro atoms. The van der Waals surface area contributed by atoms with E-state index in [-0.39, 0.29) is 17.9 Å². The highest BCUT2D eigenvalue weighted by molar-refractivity contribution is 5.87. The smallest absolute Gasteiger partial charge is 0.227 e. The predicted octanol–water partition coefficient (Wildman–Crippen LogP) is 1.07. The summed E-state index contributed by atoms with van der Waals surface area (Å²) >= 11 is 0. The van der Waals surface area contributed by atoms with Crippen LogP contribution in [0.3, 0.4) is 0 Å². The van der Waals surface area contributed by atoms with E-state index < -0.39 is 0 Å². The molecule has 0 bridgehead atoms. The van der Waals surface area contributed by atoms with Crippen LogP contribution in [0.5, 0.6) is 0 Å². The molecule has 1 aromatic carbocycles. The molecule has 68 valence electrons. The number of nitrogens with one attached hydrogen (secondary N) is 1. The van der Waals surface area contributed by atoms with Gasteiger partial charge in [0.15, 0.2) is 0 Å². The van der Waals surface area contributed by atoms with Crippen LogP contribution in [0.25, 0.3) is 0 Å². The van der Waals surface area contributed by atoms with Crippen molar-refractivity contribution in [3.8, 4) is 0 Å². The lowest BCUT2D eigenvalue weighted by atomic mass is 9.96. The Labute approximate surface area is 76.9 Å². The number of benzene rings is 1. The summed E-state index contributed by atoms with van der Waals surface area (Å²) in [6.07, 6.45) is 0. The minimum absolute atomic E-state index is 0.106. The molecule has 2 rings (SSSR count). The maximum absolute atomic E-state index is 11.2. The minimum Gasteiger partial charge on any atom is -0.381 e. The molecule has 3 nitrogen and oxygen atoms in total. The molecule has 1 aliphatic rings. The molecule has 3 N–H and O–H groups in total. The third-order valence-corrected chi connectivity index (χ3v) is 2.49. The zero-order valence-electron chi connectivity index (χ0n) is 7.45. The number of carbonyl (C=O) groups is 1. The highest BCUT2D eigenvalue weighted by Crippen LogP contribution is 2.34. The summed E-state index contributed by atoms with van der Waals surface area (Å²) in [6, 6.07) is 7.89. The van der Waals surface area contributed by atoms with E-state index in [9.17, 15) is 4.79 Å². The molecule has 2 atom stereocenters. The molecular formula is C10H12N2O.